The highest BCUT2D eigenvalue weighted by Gasteiger charge is 2.37. The van der Waals surface area contributed by atoms with Gasteiger partial charge < -0.3 is 16.0 Å². The van der Waals surface area contributed by atoms with E-state index in [9.17, 15) is 4.79 Å². The van der Waals surface area contributed by atoms with Crippen LogP contribution in [-0.2, 0) is 0 Å². The van der Waals surface area contributed by atoms with Gasteiger partial charge in [-0.1, -0.05) is 31.6 Å². The van der Waals surface area contributed by atoms with Crippen LogP contribution in [0.1, 0.15) is 42.8 Å². The second-order valence-corrected chi connectivity index (χ2v) is 6.09. The Labute approximate surface area is 118 Å². The molecule has 106 valence electrons. The van der Waals surface area contributed by atoms with E-state index in [1.165, 1.54) is 11.3 Å². The monoisotopic (exact) mass is 282 g/mol. The van der Waals surface area contributed by atoms with Crippen LogP contribution < -0.4 is 16.0 Å². The molecule has 1 heterocycles. The van der Waals surface area contributed by atoms with E-state index in [1.54, 1.807) is 0 Å². The van der Waals surface area contributed by atoms with Crippen molar-refractivity contribution >= 4 is 28.2 Å². The summed E-state index contributed by atoms with van der Waals surface area (Å²) in [5, 5.41) is 3.84. The molecule has 0 bridgehead atoms. The number of aromatic nitrogens is 1. The molecular formula is C13H22N4OS. The Morgan fingerprint density at radius 2 is 2.32 bits per heavy atom. The molecule has 19 heavy (non-hydrogen) atoms. The molecule has 1 amide bonds. The molecule has 0 radical (unpaired) electrons. The Kier molecular flexibility index (Phi) is 4.29. The number of nitrogens with zero attached hydrogens (tertiary/aromatic N) is 2. The number of amides is 1. The topological polar surface area (TPSA) is 71.2 Å². The lowest BCUT2D eigenvalue weighted by atomic mass is 10.3. The van der Waals surface area contributed by atoms with E-state index in [2.05, 4.69) is 24.1 Å². The van der Waals surface area contributed by atoms with Crippen molar-refractivity contribution in [3.8, 4) is 0 Å². The maximum Gasteiger partial charge on any atom is 0.265 e. The van der Waals surface area contributed by atoms with Gasteiger partial charge in [0.25, 0.3) is 5.91 Å². The van der Waals surface area contributed by atoms with Gasteiger partial charge in [-0.15, -0.1) is 0 Å². The molecule has 0 saturated heterocycles. The molecule has 0 spiro atoms. The van der Waals surface area contributed by atoms with Gasteiger partial charge >= 0.3 is 0 Å². The van der Waals surface area contributed by atoms with Crippen LogP contribution in [-0.4, -0.2) is 30.5 Å². The van der Waals surface area contributed by atoms with Crippen LogP contribution in [0.25, 0.3) is 0 Å². The van der Waals surface area contributed by atoms with Crippen molar-refractivity contribution in [1.82, 2.24) is 10.3 Å². The van der Waals surface area contributed by atoms with Crippen LogP contribution in [0.5, 0.6) is 0 Å². The van der Waals surface area contributed by atoms with E-state index in [-0.39, 0.29) is 5.91 Å². The first kappa shape index (κ1) is 14.1. The largest absolute Gasteiger partial charge is 0.382 e. The minimum atomic E-state index is -0.0768. The van der Waals surface area contributed by atoms with Crippen molar-refractivity contribution in [3.63, 3.8) is 0 Å². The fourth-order valence-corrected chi connectivity index (χ4v) is 3.06. The number of anilines is 2. The fourth-order valence-electron chi connectivity index (χ4n) is 2.19. The molecule has 3 N–H and O–H groups in total. The quantitative estimate of drug-likeness (QED) is 0.838. The Hall–Kier alpha value is -1.30. The number of nitrogens with one attached hydrogen (secondary N) is 1. The number of carbonyl (C=O) groups excluding carboxylic acids is 1. The Morgan fingerprint density at radius 3 is 2.89 bits per heavy atom. The number of hydrogen-bond acceptors (Lipinski definition) is 5. The van der Waals surface area contributed by atoms with Crippen molar-refractivity contribution < 1.29 is 4.79 Å². The summed E-state index contributed by atoms with van der Waals surface area (Å²) in [6, 6.07) is 0.329. The third kappa shape index (κ3) is 3.18. The lowest BCUT2D eigenvalue weighted by Crippen LogP contribution is -2.26. The molecule has 5 nitrogen and oxygen atoms in total. The fraction of sp³-hybridized carbons (Fsp3) is 0.692. The van der Waals surface area contributed by atoms with Crippen LogP contribution in [0.3, 0.4) is 0 Å². The van der Waals surface area contributed by atoms with E-state index in [0.29, 0.717) is 22.7 Å². The smallest absolute Gasteiger partial charge is 0.265 e. The van der Waals surface area contributed by atoms with Gasteiger partial charge in [-0.05, 0) is 18.8 Å². The standard InChI is InChI=1S/C13H22N4OS/c1-4-6-17(3)13-16-11(14)10(19-13)12(18)15-9-7-8(9)5-2/h8-9H,4-7,14H2,1-3H3,(H,15,18). The van der Waals surface area contributed by atoms with Crippen molar-refractivity contribution in [1.29, 1.82) is 0 Å². The number of nitrogens with two attached hydrogens (primary N) is 1. The Morgan fingerprint density at radius 1 is 1.58 bits per heavy atom. The average molecular weight is 282 g/mol. The molecule has 1 aliphatic carbocycles. The second-order valence-electron chi connectivity index (χ2n) is 5.12. The predicted molar refractivity (Wildman–Crippen MR) is 79.7 cm³/mol. The van der Waals surface area contributed by atoms with E-state index in [1.807, 2.05) is 11.9 Å². The normalized spacial score (nSPS) is 21.2. The van der Waals surface area contributed by atoms with Gasteiger partial charge in [0, 0.05) is 19.6 Å². The molecule has 1 saturated carbocycles. The SMILES string of the molecule is CCCN(C)c1nc(N)c(C(=O)NC2CC2CC)s1. The van der Waals surface area contributed by atoms with Crippen molar-refractivity contribution in [3.05, 3.63) is 4.88 Å². The molecule has 1 aromatic rings. The van der Waals surface area contributed by atoms with Gasteiger partial charge in [-0.25, -0.2) is 4.98 Å². The first-order chi connectivity index (χ1) is 9.06. The minimum absolute atomic E-state index is 0.0768. The molecule has 1 aromatic heterocycles. The number of rotatable bonds is 6. The first-order valence-electron chi connectivity index (χ1n) is 6.85. The van der Waals surface area contributed by atoms with Crippen LogP contribution in [0, 0.1) is 5.92 Å². The molecule has 0 aliphatic heterocycles. The zero-order valence-electron chi connectivity index (χ0n) is 11.8. The zero-order chi connectivity index (χ0) is 14.0. The molecule has 1 aliphatic rings. The van der Waals surface area contributed by atoms with Gasteiger partial charge in [0.2, 0.25) is 0 Å². The molecule has 6 heteroatoms. The highest BCUT2D eigenvalue weighted by Crippen LogP contribution is 2.34. The molecular weight excluding hydrogens is 260 g/mol. The van der Waals surface area contributed by atoms with Crippen LogP contribution in [0.4, 0.5) is 10.9 Å². The summed E-state index contributed by atoms with van der Waals surface area (Å²) in [5.74, 6) is 0.904. The van der Waals surface area contributed by atoms with Crippen LogP contribution in [0.15, 0.2) is 0 Å². The van der Waals surface area contributed by atoms with E-state index in [4.69, 9.17) is 5.73 Å². The first-order valence-corrected chi connectivity index (χ1v) is 7.66. The van der Waals surface area contributed by atoms with Crippen molar-refractivity contribution in [2.75, 3.05) is 24.2 Å². The number of hydrogen-bond donors (Lipinski definition) is 2. The van der Waals surface area contributed by atoms with E-state index in [0.717, 1.165) is 30.9 Å². The summed E-state index contributed by atoms with van der Waals surface area (Å²) in [6.07, 6.45) is 3.24. The molecule has 2 unspecified atom stereocenters. The van der Waals surface area contributed by atoms with Gasteiger partial charge in [-0.3, -0.25) is 4.79 Å². The zero-order valence-corrected chi connectivity index (χ0v) is 12.6. The summed E-state index contributed by atoms with van der Waals surface area (Å²) in [7, 11) is 1.97. The maximum atomic E-state index is 12.1. The Balaban J connectivity index is 2.01. The molecule has 2 atom stereocenters. The van der Waals surface area contributed by atoms with Gasteiger partial charge in [-0.2, -0.15) is 0 Å². The summed E-state index contributed by atoms with van der Waals surface area (Å²) in [6.45, 7) is 5.17. The third-order valence-corrected chi connectivity index (χ3v) is 4.68. The number of nitrogen functional groups attached to an aromatic ring is 1. The van der Waals surface area contributed by atoms with Gasteiger partial charge in [0.05, 0.1) is 0 Å². The second kappa shape index (κ2) is 5.77. The highest BCUT2D eigenvalue weighted by molar-refractivity contribution is 7.18. The highest BCUT2D eigenvalue weighted by atomic mass is 32.1. The van der Waals surface area contributed by atoms with Gasteiger partial charge in [0.1, 0.15) is 10.7 Å². The molecule has 1 fully saturated rings. The Bertz CT molecular complexity index is 459. The van der Waals surface area contributed by atoms with Crippen LogP contribution >= 0.6 is 11.3 Å². The summed E-state index contributed by atoms with van der Waals surface area (Å²) in [5.41, 5.74) is 5.85. The lowest BCUT2D eigenvalue weighted by molar-refractivity contribution is 0.0953. The van der Waals surface area contributed by atoms with E-state index >= 15 is 0 Å². The maximum absolute atomic E-state index is 12.1. The number of thiazole rings is 1. The van der Waals surface area contributed by atoms with Gasteiger partial charge in [0.15, 0.2) is 5.13 Å². The molecule has 0 aromatic carbocycles. The van der Waals surface area contributed by atoms with Crippen LogP contribution in [0.2, 0.25) is 0 Å². The van der Waals surface area contributed by atoms with E-state index < -0.39 is 0 Å². The predicted octanol–water partition coefficient (Wildman–Crippen LogP) is 2.10. The summed E-state index contributed by atoms with van der Waals surface area (Å²) in [4.78, 5) is 19.0. The van der Waals surface area contributed by atoms with Crippen molar-refractivity contribution in [2.24, 2.45) is 5.92 Å². The lowest BCUT2D eigenvalue weighted by Gasteiger charge is -2.13. The molecule has 2 rings (SSSR count). The summed E-state index contributed by atoms with van der Waals surface area (Å²) < 4.78 is 0. The van der Waals surface area contributed by atoms with Crippen molar-refractivity contribution in [2.45, 2.75) is 39.2 Å². The number of carbonyl (C=O) groups is 1. The summed E-state index contributed by atoms with van der Waals surface area (Å²) >= 11 is 1.37. The third-order valence-electron chi connectivity index (χ3n) is 3.50. The minimum Gasteiger partial charge on any atom is -0.382 e. The average Bonchev–Trinajstić information content (AvgIpc) is 3.00.